The maximum Gasteiger partial charge on any atom is 0.273 e. The Bertz CT molecular complexity index is 1460. The molecule has 7 heteroatoms. The van der Waals surface area contributed by atoms with Gasteiger partial charge in [-0.2, -0.15) is 5.10 Å². The van der Waals surface area contributed by atoms with Crippen molar-refractivity contribution < 1.29 is 4.79 Å². The van der Waals surface area contributed by atoms with Crippen molar-refractivity contribution in [3.63, 3.8) is 0 Å². The molecule has 5 aromatic rings. The summed E-state index contributed by atoms with van der Waals surface area (Å²) in [6.45, 7) is 0.560. The zero-order valence-electron chi connectivity index (χ0n) is 17.6. The lowest BCUT2D eigenvalue weighted by Gasteiger charge is -2.25. The maximum atomic E-state index is 13.5. The zero-order valence-corrected chi connectivity index (χ0v) is 18.4. The molecule has 3 aromatic heterocycles. The number of halogens is 1. The molecule has 2 N–H and O–H groups in total. The minimum absolute atomic E-state index is 0.0618. The number of nitrogens with one attached hydrogen (secondary N) is 2. The third-order valence-electron chi connectivity index (χ3n) is 6.25. The van der Waals surface area contributed by atoms with E-state index in [1.807, 2.05) is 65.7 Å². The summed E-state index contributed by atoms with van der Waals surface area (Å²) in [7, 11) is 0. The molecule has 0 radical (unpaired) electrons. The number of para-hydroxylation sites is 1. The van der Waals surface area contributed by atoms with Gasteiger partial charge in [0.25, 0.3) is 5.91 Å². The highest BCUT2D eigenvalue weighted by Crippen LogP contribution is 2.42. The van der Waals surface area contributed by atoms with Crippen LogP contribution in [0.5, 0.6) is 0 Å². The minimum Gasteiger partial charge on any atom is -0.361 e. The van der Waals surface area contributed by atoms with Gasteiger partial charge in [-0.05, 0) is 42.3 Å². The number of hydrogen-bond donors (Lipinski definition) is 2. The topological polar surface area (TPSA) is 77.7 Å². The molecule has 0 saturated heterocycles. The van der Waals surface area contributed by atoms with E-state index in [0.29, 0.717) is 17.3 Å². The Morgan fingerprint density at radius 2 is 1.82 bits per heavy atom. The number of benzene rings is 2. The maximum absolute atomic E-state index is 13.5. The molecule has 1 aliphatic rings. The number of carbonyl (C=O) groups excluding carboxylic acids is 1. The molecule has 1 atom stereocenters. The predicted octanol–water partition coefficient (Wildman–Crippen LogP) is 5.39. The molecule has 0 saturated carbocycles. The number of H-pyrrole nitrogens is 2. The number of pyridine rings is 1. The van der Waals surface area contributed by atoms with Crippen molar-refractivity contribution in [2.24, 2.45) is 0 Å². The number of rotatable bonds is 5. The molecule has 0 unspecified atom stereocenters. The predicted molar refractivity (Wildman–Crippen MR) is 128 cm³/mol. The van der Waals surface area contributed by atoms with Gasteiger partial charge in [-0.15, -0.1) is 0 Å². The molecule has 0 spiro atoms. The Hall–Kier alpha value is -3.90. The Kier molecular flexibility index (Phi) is 4.73. The summed E-state index contributed by atoms with van der Waals surface area (Å²) >= 11 is 6.09. The number of amides is 1. The Labute approximate surface area is 195 Å². The van der Waals surface area contributed by atoms with Crippen molar-refractivity contribution in [1.82, 2.24) is 25.1 Å². The van der Waals surface area contributed by atoms with E-state index in [1.54, 1.807) is 6.20 Å². The first-order chi connectivity index (χ1) is 16.2. The zero-order chi connectivity index (χ0) is 22.4. The molecule has 33 heavy (non-hydrogen) atoms. The van der Waals surface area contributed by atoms with Crippen molar-refractivity contribution >= 4 is 28.4 Å². The highest BCUT2D eigenvalue weighted by Gasteiger charge is 2.42. The van der Waals surface area contributed by atoms with Crippen LogP contribution in [0.1, 0.15) is 33.4 Å². The van der Waals surface area contributed by atoms with Gasteiger partial charge in [-0.3, -0.25) is 14.9 Å². The Morgan fingerprint density at radius 3 is 2.64 bits per heavy atom. The highest BCUT2D eigenvalue weighted by molar-refractivity contribution is 6.30. The highest BCUT2D eigenvalue weighted by atomic mass is 35.5. The van der Waals surface area contributed by atoms with Crippen LogP contribution in [0.15, 0.2) is 79.1 Å². The monoisotopic (exact) mass is 453 g/mol. The second kappa shape index (κ2) is 7.90. The lowest BCUT2D eigenvalue weighted by Crippen LogP contribution is -2.32. The molecule has 6 nitrogen and oxygen atoms in total. The van der Waals surface area contributed by atoms with Gasteiger partial charge in [0, 0.05) is 46.0 Å². The Morgan fingerprint density at radius 1 is 1.00 bits per heavy atom. The van der Waals surface area contributed by atoms with E-state index in [2.05, 4.69) is 32.3 Å². The second-order valence-electron chi connectivity index (χ2n) is 8.13. The summed E-state index contributed by atoms with van der Waals surface area (Å²) in [5.41, 5.74) is 6.14. The van der Waals surface area contributed by atoms with Gasteiger partial charge in [0.2, 0.25) is 0 Å². The number of carbonyl (C=O) groups is 1. The van der Waals surface area contributed by atoms with Gasteiger partial charge in [0.1, 0.15) is 11.7 Å². The summed E-state index contributed by atoms with van der Waals surface area (Å²) in [5, 5.41) is 9.33. The summed E-state index contributed by atoms with van der Waals surface area (Å²) in [4.78, 5) is 23.3. The van der Waals surface area contributed by atoms with Gasteiger partial charge in [-0.25, -0.2) is 0 Å². The van der Waals surface area contributed by atoms with E-state index >= 15 is 0 Å². The average Bonchev–Trinajstić information content (AvgIpc) is 3.53. The van der Waals surface area contributed by atoms with Gasteiger partial charge in [0.05, 0.1) is 11.4 Å². The number of nitrogens with zero attached hydrogens (tertiary/aromatic N) is 3. The molecular weight excluding hydrogens is 434 g/mol. The lowest BCUT2D eigenvalue weighted by molar-refractivity contribution is 0.0743. The molecule has 162 valence electrons. The SMILES string of the molecule is O=C1c2[nH]nc(-c3ccc(Cl)cc3)c2[C@@H](c2ccccn2)N1CCc1c[nH]c2ccccc12. The molecule has 0 fully saturated rings. The molecule has 2 aromatic carbocycles. The van der Waals surface area contributed by atoms with E-state index in [9.17, 15) is 4.79 Å². The van der Waals surface area contributed by atoms with E-state index < -0.39 is 0 Å². The molecule has 0 aliphatic carbocycles. The van der Waals surface area contributed by atoms with Crippen molar-refractivity contribution in [2.45, 2.75) is 12.5 Å². The van der Waals surface area contributed by atoms with E-state index in [-0.39, 0.29) is 11.9 Å². The van der Waals surface area contributed by atoms with Crippen LogP contribution in [-0.2, 0) is 6.42 Å². The minimum atomic E-state index is -0.316. The summed E-state index contributed by atoms with van der Waals surface area (Å²) < 4.78 is 0. The van der Waals surface area contributed by atoms with Gasteiger partial charge < -0.3 is 9.88 Å². The average molecular weight is 454 g/mol. The standard InChI is InChI=1S/C26H20ClN5O/c27-18-10-8-16(9-11-18)23-22-24(31-30-23)26(33)32(25(22)21-7-3-4-13-28-21)14-12-17-15-29-20-6-2-1-5-19(17)20/h1-11,13,15,25,29H,12,14H2,(H,30,31)/t25-/m1/s1. The van der Waals surface area contributed by atoms with Crippen LogP contribution in [0.2, 0.25) is 5.02 Å². The van der Waals surface area contributed by atoms with Crippen LogP contribution < -0.4 is 0 Å². The van der Waals surface area contributed by atoms with Crippen LogP contribution in [0, 0.1) is 0 Å². The van der Waals surface area contributed by atoms with Gasteiger partial charge >= 0.3 is 0 Å². The third kappa shape index (κ3) is 3.31. The summed E-state index contributed by atoms with van der Waals surface area (Å²) in [6.07, 6.45) is 4.52. The first-order valence-electron chi connectivity index (χ1n) is 10.8. The van der Waals surface area contributed by atoms with E-state index in [0.717, 1.165) is 34.5 Å². The molecule has 1 amide bonds. The number of aromatic amines is 2. The fourth-order valence-electron chi connectivity index (χ4n) is 4.68. The van der Waals surface area contributed by atoms with Crippen LogP contribution in [0.3, 0.4) is 0 Å². The molecule has 0 bridgehead atoms. The first kappa shape index (κ1) is 19.8. The number of aromatic nitrogens is 4. The molecule has 6 rings (SSSR count). The van der Waals surface area contributed by atoms with Gasteiger partial charge in [-0.1, -0.05) is 48.0 Å². The quantitative estimate of drug-likeness (QED) is 0.374. The normalized spacial score (nSPS) is 15.4. The second-order valence-corrected chi connectivity index (χ2v) is 8.57. The molecule has 1 aliphatic heterocycles. The lowest BCUT2D eigenvalue weighted by atomic mass is 9.99. The summed E-state index contributed by atoms with van der Waals surface area (Å²) in [6, 6.07) is 21.2. The fourth-order valence-corrected chi connectivity index (χ4v) is 4.81. The summed E-state index contributed by atoms with van der Waals surface area (Å²) in [5.74, 6) is -0.0618. The van der Waals surface area contributed by atoms with Crippen molar-refractivity contribution in [1.29, 1.82) is 0 Å². The Balaban J connectivity index is 1.40. The molecule has 4 heterocycles. The first-order valence-corrected chi connectivity index (χ1v) is 11.2. The smallest absolute Gasteiger partial charge is 0.273 e. The number of fused-ring (bicyclic) bond motifs is 2. The van der Waals surface area contributed by atoms with E-state index in [4.69, 9.17) is 11.6 Å². The fraction of sp³-hybridized carbons (Fsp3) is 0.115. The third-order valence-corrected chi connectivity index (χ3v) is 6.50. The molecular formula is C26H20ClN5O. The van der Waals surface area contributed by atoms with Crippen molar-refractivity contribution in [3.8, 4) is 11.3 Å². The van der Waals surface area contributed by atoms with Crippen molar-refractivity contribution in [2.75, 3.05) is 6.54 Å². The van der Waals surface area contributed by atoms with Crippen LogP contribution in [0.25, 0.3) is 22.2 Å². The number of hydrogen-bond acceptors (Lipinski definition) is 3. The van der Waals surface area contributed by atoms with E-state index in [1.165, 1.54) is 10.9 Å². The van der Waals surface area contributed by atoms with Crippen LogP contribution >= 0.6 is 11.6 Å². The van der Waals surface area contributed by atoms with Crippen molar-refractivity contribution in [3.05, 3.63) is 107 Å². The van der Waals surface area contributed by atoms with Crippen LogP contribution in [0.4, 0.5) is 0 Å². The van der Waals surface area contributed by atoms with Crippen LogP contribution in [-0.4, -0.2) is 37.5 Å². The van der Waals surface area contributed by atoms with Gasteiger partial charge in [0.15, 0.2) is 0 Å². The largest absolute Gasteiger partial charge is 0.361 e.